The third-order valence-corrected chi connectivity index (χ3v) is 10.2. The fourth-order valence-electron chi connectivity index (χ4n) is 4.57. The highest BCUT2D eigenvalue weighted by molar-refractivity contribution is 7.89. The smallest absolute Gasteiger partial charge is 0.212 e. The van der Waals surface area contributed by atoms with E-state index in [4.69, 9.17) is 0 Å². The minimum absolute atomic E-state index is 0.0310. The first kappa shape index (κ1) is 19.1. The fraction of sp³-hybridized carbons (Fsp3) is 0.700. The van der Waals surface area contributed by atoms with Gasteiger partial charge in [-0.3, -0.25) is 0 Å². The van der Waals surface area contributed by atoms with Crippen molar-refractivity contribution < 1.29 is 8.42 Å². The molecule has 5 heteroatoms. The van der Waals surface area contributed by atoms with Gasteiger partial charge in [0, 0.05) is 8.07 Å². The fourth-order valence-corrected chi connectivity index (χ4v) is 9.70. The van der Waals surface area contributed by atoms with Crippen LogP contribution in [0, 0.1) is 5.92 Å². The maximum atomic E-state index is 13.2. The summed E-state index contributed by atoms with van der Waals surface area (Å²) in [4.78, 5) is 0. The predicted molar refractivity (Wildman–Crippen MR) is 108 cm³/mol. The van der Waals surface area contributed by atoms with Crippen LogP contribution in [0.25, 0.3) is 0 Å². The molecule has 1 aromatic rings. The summed E-state index contributed by atoms with van der Waals surface area (Å²) in [5.74, 6) is 0.807. The maximum absolute atomic E-state index is 13.2. The molecule has 0 N–H and O–H groups in total. The Labute approximate surface area is 154 Å². The zero-order valence-corrected chi connectivity index (χ0v) is 18.0. The lowest BCUT2D eigenvalue weighted by Crippen LogP contribution is -2.33. The summed E-state index contributed by atoms with van der Waals surface area (Å²) in [7, 11) is -4.58. The van der Waals surface area contributed by atoms with Gasteiger partial charge in [0.1, 0.15) is 0 Å². The molecule has 2 fully saturated rings. The number of hydrogen-bond acceptors (Lipinski definition) is 2. The lowest BCUT2D eigenvalue weighted by Gasteiger charge is -2.28. The van der Waals surface area contributed by atoms with E-state index >= 15 is 0 Å². The highest BCUT2D eigenvalue weighted by atomic mass is 32.2. The Morgan fingerprint density at radius 3 is 2.24 bits per heavy atom. The molecule has 1 saturated heterocycles. The Bertz CT molecular complexity index is 692. The molecular formula is C20H33NO2SSi. The van der Waals surface area contributed by atoms with Crippen molar-refractivity contribution in [2.24, 2.45) is 5.92 Å². The largest absolute Gasteiger partial charge is 0.215 e. The monoisotopic (exact) mass is 379 g/mol. The first-order chi connectivity index (χ1) is 11.7. The van der Waals surface area contributed by atoms with Crippen molar-refractivity contribution in [1.82, 2.24) is 4.31 Å². The van der Waals surface area contributed by atoms with E-state index in [1.807, 2.05) is 22.5 Å². The molecule has 1 heterocycles. The van der Waals surface area contributed by atoms with Crippen molar-refractivity contribution in [3.8, 4) is 0 Å². The van der Waals surface area contributed by atoms with E-state index in [0.29, 0.717) is 11.7 Å². The standard InChI is InChI=1S/C20H33NO2SSi/c1-20(18-13-9-6-10-14-18)19(17-11-7-5-8-12-17)21(20)24(22,23)15-16-25(2,3)4/h5,7-8,11-12,18-19H,6,9-10,13-16H2,1-4H3/t19-,20-,21?/m1/s1. The molecule has 140 valence electrons. The van der Waals surface area contributed by atoms with E-state index in [-0.39, 0.29) is 11.6 Å². The summed E-state index contributed by atoms with van der Waals surface area (Å²) in [6, 6.07) is 11.1. The molecule has 3 atom stereocenters. The third kappa shape index (κ3) is 3.88. The first-order valence-electron chi connectivity index (χ1n) is 9.73. The van der Waals surface area contributed by atoms with Gasteiger partial charge in [-0.15, -0.1) is 0 Å². The molecule has 0 amide bonds. The summed E-state index contributed by atoms with van der Waals surface area (Å²) in [6.07, 6.45) is 6.11. The van der Waals surface area contributed by atoms with Crippen LogP contribution < -0.4 is 0 Å². The van der Waals surface area contributed by atoms with E-state index in [2.05, 4.69) is 38.7 Å². The Balaban J connectivity index is 1.89. The van der Waals surface area contributed by atoms with Gasteiger partial charge in [-0.1, -0.05) is 69.2 Å². The molecule has 3 rings (SSSR count). The number of rotatable bonds is 6. The Morgan fingerprint density at radius 2 is 1.68 bits per heavy atom. The van der Waals surface area contributed by atoms with E-state index in [0.717, 1.165) is 11.6 Å². The van der Waals surface area contributed by atoms with Gasteiger partial charge in [-0.2, -0.15) is 4.31 Å². The van der Waals surface area contributed by atoms with Crippen LogP contribution in [0.5, 0.6) is 0 Å². The maximum Gasteiger partial charge on any atom is 0.215 e. The highest BCUT2D eigenvalue weighted by Crippen LogP contribution is 2.61. The predicted octanol–water partition coefficient (Wildman–Crippen LogP) is 5.05. The molecule has 0 spiro atoms. The topological polar surface area (TPSA) is 37.1 Å². The average Bonchev–Trinajstić information content (AvgIpc) is 3.23. The molecule has 0 aromatic heterocycles. The lowest BCUT2D eigenvalue weighted by atomic mass is 9.78. The van der Waals surface area contributed by atoms with E-state index in [1.54, 1.807) is 0 Å². The van der Waals surface area contributed by atoms with Crippen LogP contribution in [0.4, 0.5) is 0 Å². The van der Waals surface area contributed by atoms with Gasteiger partial charge < -0.3 is 0 Å². The number of benzene rings is 1. The molecule has 1 aromatic carbocycles. The van der Waals surface area contributed by atoms with Crippen LogP contribution in [0.1, 0.15) is 50.6 Å². The first-order valence-corrected chi connectivity index (χ1v) is 15.0. The molecule has 0 bridgehead atoms. The van der Waals surface area contributed by atoms with Crippen molar-refractivity contribution in [2.45, 2.75) is 76.3 Å². The van der Waals surface area contributed by atoms with Crippen molar-refractivity contribution >= 4 is 18.1 Å². The minimum atomic E-state index is -3.21. The molecule has 1 saturated carbocycles. The molecule has 1 aliphatic heterocycles. The van der Waals surface area contributed by atoms with E-state index in [1.165, 1.54) is 32.1 Å². The van der Waals surface area contributed by atoms with Gasteiger partial charge in [-0.25, -0.2) is 8.42 Å². The Kier molecular flexibility index (Phi) is 5.22. The van der Waals surface area contributed by atoms with Crippen LogP contribution in [0.2, 0.25) is 25.7 Å². The Hall–Kier alpha value is -0.653. The third-order valence-electron chi connectivity index (χ3n) is 6.15. The molecule has 1 aliphatic carbocycles. The zero-order chi connectivity index (χ0) is 18.3. The summed E-state index contributed by atoms with van der Waals surface area (Å²) in [6.45, 7) is 8.95. The SMILES string of the molecule is C[C@@]1(C2CCCCC2)[C@@H](c2ccccc2)N1S(=O)(=O)CC[Si](C)(C)C. The summed E-state index contributed by atoms with van der Waals surface area (Å²) in [5.41, 5.74) is 0.937. The van der Waals surface area contributed by atoms with Crippen LogP contribution in [0.15, 0.2) is 30.3 Å². The lowest BCUT2D eigenvalue weighted by molar-refractivity contribution is 0.270. The van der Waals surface area contributed by atoms with Crippen LogP contribution >= 0.6 is 0 Å². The van der Waals surface area contributed by atoms with Gasteiger partial charge in [-0.05, 0) is 37.3 Å². The van der Waals surface area contributed by atoms with Crippen molar-refractivity contribution in [1.29, 1.82) is 0 Å². The molecule has 3 nitrogen and oxygen atoms in total. The van der Waals surface area contributed by atoms with Gasteiger partial charge in [0.05, 0.1) is 17.3 Å². The molecular weight excluding hydrogens is 346 g/mol. The Morgan fingerprint density at radius 1 is 1.08 bits per heavy atom. The van der Waals surface area contributed by atoms with E-state index in [9.17, 15) is 8.42 Å². The van der Waals surface area contributed by atoms with Crippen molar-refractivity contribution in [3.05, 3.63) is 35.9 Å². The second-order valence-electron chi connectivity index (χ2n) is 9.30. The van der Waals surface area contributed by atoms with Crippen molar-refractivity contribution in [3.63, 3.8) is 0 Å². The normalized spacial score (nSPS) is 31.0. The van der Waals surface area contributed by atoms with Gasteiger partial charge >= 0.3 is 0 Å². The molecule has 2 aliphatic rings. The number of nitrogens with zero attached hydrogens (tertiary/aromatic N) is 1. The van der Waals surface area contributed by atoms with E-state index < -0.39 is 18.1 Å². The molecule has 0 radical (unpaired) electrons. The van der Waals surface area contributed by atoms with Gasteiger partial charge in [0.25, 0.3) is 0 Å². The zero-order valence-electron chi connectivity index (χ0n) is 16.2. The second kappa shape index (κ2) is 6.82. The minimum Gasteiger partial charge on any atom is -0.212 e. The number of sulfonamides is 1. The van der Waals surface area contributed by atoms with Crippen LogP contribution in [-0.4, -0.2) is 32.1 Å². The summed E-state index contributed by atoms with van der Waals surface area (Å²) < 4.78 is 28.3. The average molecular weight is 380 g/mol. The number of hydrogen-bond donors (Lipinski definition) is 0. The quantitative estimate of drug-likeness (QED) is 0.512. The van der Waals surface area contributed by atoms with Crippen molar-refractivity contribution in [2.75, 3.05) is 5.75 Å². The van der Waals surface area contributed by atoms with Gasteiger partial charge in [0.2, 0.25) is 10.0 Å². The van der Waals surface area contributed by atoms with Crippen LogP contribution in [-0.2, 0) is 10.0 Å². The van der Waals surface area contributed by atoms with Crippen LogP contribution in [0.3, 0.4) is 0 Å². The molecule has 25 heavy (non-hydrogen) atoms. The summed E-state index contributed by atoms with van der Waals surface area (Å²) >= 11 is 0. The summed E-state index contributed by atoms with van der Waals surface area (Å²) in [5, 5.41) is 0. The molecule has 1 unspecified atom stereocenters. The van der Waals surface area contributed by atoms with Gasteiger partial charge in [0.15, 0.2) is 0 Å². The highest BCUT2D eigenvalue weighted by Gasteiger charge is 2.68. The second-order valence-corrected chi connectivity index (χ2v) is 16.9.